The van der Waals surface area contributed by atoms with Crippen molar-refractivity contribution in [3.63, 3.8) is 0 Å². The van der Waals surface area contributed by atoms with Gasteiger partial charge in [-0.1, -0.05) is 18.1 Å². The smallest absolute Gasteiger partial charge is 0.237 e. The molecule has 2 saturated heterocycles. The highest BCUT2D eigenvalue weighted by molar-refractivity contribution is 5.89. The fourth-order valence-corrected chi connectivity index (χ4v) is 4.08. The van der Waals surface area contributed by atoms with Crippen molar-refractivity contribution in [2.45, 2.75) is 25.9 Å². The first-order chi connectivity index (χ1) is 14.9. The van der Waals surface area contributed by atoms with Crippen LogP contribution in [0, 0.1) is 18.3 Å². The van der Waals surface area contributed by atoms with Gasteiger partial charge in [0.1, 0.15) is 5.75 Å². The molecule has 1 N–H and O–H groups in total. The average Bonchev–Trinajstić information content (AvgIpc) is 3.17. The highest BCUT2D eigenvalue weighted by Crippen LogP contribution is 2.24. The molecular weight excluding hydrogens is 396 g/mol. The van der Waals surface area contributed by atoms with Gasteiger partial charge in [-0.25, -0.2) is 0 Å². The SMILES string of the molecule is C#CCNC(=O)[C@@H](C)N1CCN(C(=O)[C@@H]2CC(=O)N(Cc3ccc(OC)cc3)C2)CC1. The molecule has 3 amide bonds. The van der Waals surface area contributed by atoms with E-state index >= 15 is 0 Å². The van der Waals surface area contributed by atoms with E-state index in [9.17, 15) is 14.4 Å². The van der Waals surface area contributed by atoms with Crippen LogP contribution in [0.2, 0.25) is 0 Å². The number of rotatable bonds is 7. The normalized spacial score (nSPS) is 20.3. The maximum Gasteiger partial charge on any atom is 0.237 e. The first-order valence-corrected chi connectivity index (χ1v) is 10.6. The predicted octanol–water partition coefficient (Wildman–Crippen LogP) is 0.326. The standard InChI is InChI=1S/C23H30N4O4/c1-4-9-24-22(29)17(2)25-10-12-26(13-11-25)23(30)19-14-21(28)27(16-19)15-18-5-7-20(31-3)8-6-18/h1,5-8,17,19H,9-16H2,2-3H3,(H,24,29)/t17-,19-/m1/s1. The summed E-state index contributed by atoms with van der Waals surface area (Å²) in [6, 6.07) is 7.30. The van der Waals surface area contributed by atoms with Crippen LogP contribution in [0.3, 0.4) is 0 Å². The Bertz CT molecular complexity index is 840. The van der Waals surface area contributed by atoms with Crippen molar-refractivity contribution in [1.82, 2.24) is 20.0 Å². The number of terminal acetylenes is 1. The van der Waals surface area contributed by atoms with Gasteiger partial charge in [-0.05, 0) is 24.6 Å². The zero-order valence-corrected chi connectivity index (χ0v) is 18.2. The van der Waals surface area contributed by atoms with Gasteiger partial charge >= 0.3 is 0 Å². The molecule has 2 aliphatic heterocycles. The Morgan fingerprint density at radius 2 is 1.90 bits per heavy atom. The van der Waals surface area contributed by atoms with E-state index in [4.69, 9.17) is 11.2 Å². The number of ether oxygens (including phenoxy) is 1. The van der Waals surface area contributed by atoms with Crippen LogP contribution in [0.4, 0.5) is 0 Å². The summed E-state index contributed by atoms with van der Waals surface area (Å²) in [7, 11) is 1.61. The second-order valence-electron chi connectivity index (χ2n) is 7.98. The van der Waals surface area contributed by atoms with E-state index < -0.39 is 0 Å². The summed E-state index contributed by atoms with van der Waals surface area (Å²) in [5.74, 6) is 2.78. The average molecular weight is 427 g/mol. The third-order valence-corrected chi connectivity index (χ3v) is 6.01. The van der Waals surface area contributed by atoms with E-state index in [2.05, 4.69) is 11.2 Å². The Morgan fingerprint density at radius 3 is 2.52 bits per heavy atom. The van der Waals surface area contributed by atoms with Gasteiger partial charge in [-0.15, -0.1) is 6.42 Å². The zero-order chi connectivity index (χ0) is 22.4. The van der Waals surface area contributed by atoms with Gasteiger partial charge in [0.05, 0.1) is 25.6 Å². The third kappa shape index (κ3) is 5.56. The van der Waals surface area contributed by atoms with Gasteiger partial charge in [0.2, 0.25) is 17.7 Å². The van der Waals surface area contributed by atoms with Gasteiger partial charge in [-0.3, -0.25) is 19.3 Å². The molecule has 1 aromatic rings. The lowest BCUT2D eigenvalue weighted by Crippen LogP contribution is -2.55. The van der Waals surface area contributed by atoms with E-state index in [1.165, 1.54) is 0 Å². The molecule has 0 spiro atoms. The second kappa shape index (κ2) is 10.3. The van der Waals surface area contributed by atoms with Crippen molar-refractivity contribution < 1.29 is 19.1 Å². The molecular formula is C23H30N4O4. The minimum Gasteiger partial charge on any atom is -0.497 e. The molecule has 0 aliphatic carbocycles. The minimum atomic E-state index is -0.311. The van der Waals surface area contributed by atoms with Crippen molar-refractivity contribution in [2.75, 3.05) is 46.4 Å². The summed E-state index contributed by atoms with van der Waals surface area (Å²) in [6.45, 7) is 5.32. The minimum absolute atomic E-state index is 0.00612. The van der Waals surface area contributed by atoms with Crippen LogP contribution in [0.5, 0.6) is 5.75 Å². The molecule has 0 saturated carbocycles. The monoisotopic (exact) mass is 426 g/mol. The molecule has 3 rings (SSSR count). The van der Waals surface area contributed by atoms with Crippen LogP contribution in [0.25, 0.3) is 0 Å². The molecule has 31 heavy (non-hydrogen) atoms. The summed E-state index contributed by atoms with van der Waals surface area (Å²) < 4.78 is 5.16. The molecule has 0 aromatic heterocycles. The number of carbonyl (C=O) groups excluding carboxylic acids is 3. The van der Waals surface area contributed by atoms with Crippen molar-refractivity contribution in [3.05, 3.63) is 29.8 Å². The first-order valence-electron chi connectivity index (χ1n) is 10.6. The number of methoxy groups -OCH3 is 1. The molecule has 2 fully saturated rings. The number of carbonyl (C=O) groups is 3. The molecule has 8 heteroatoms. The molecule has 2 atom stereocenters. The Labute approximate surface area is 183 Å². The quantitative estimate of drug-likeness (QED) is 0.636. The van der Waals surface area contributed by atoms with E-state index in [0.717, 1.165) is 11.3 Å². The number of hydrogen-bond acceptors (Lipinski definition) is 5. The fourth-order valence-electron chi connectivity index (χ4n) is 4.08. The van der Waals surface area contributed by atoms with Gasteiger partial charge in [0.25, 0.3) is 0 Å². The fraction of sp³-hybridized carbons (Fsp3) is 0.522. The number of likely N-dealkylation sites (tertiary alicyclic amines) is 1. The lowest BCUT2D eigenvalue weighted by Gasteiger charge is -2.38. The molecule has 8 nitrogen and oxygen atoms in total. The summed E-state index contributed by atoms with van der Waals surface area (Å²) in [4.78, 5) is 43.2. The highest BCUT2D eigenvalue weighted by Gasteiger charge is 2.37. The van der Waals surface area contributed by atoms with Crippen LogP contribution in [0.15, 0.2) is 24.3 Å². The lowest BCUT2D eigenvalue weighted by atomic mass is 10.1. The summed E-state index contributed by atoms with van der Waals surface area (Å²) in [5, 5.41) is 2.70. The van der Waals surface area contributed by atoms with Crippen molar-refractivity contribution in [2.24, 2.45) is 5.92 Å². The number of hydrogen-bond donors (Lipinski definition) is 1. The predicted molar refractivity (Wildman–Crippen MR) is 116 cm³/mol. The number of nitrogens with zero attached hydrogens (tertiary/aromatic N) is 3. The van der Waals surface area contributed by atoms with Crippen LogP contribution in [-0.2, 0) is 20.9 Å². The second-order valence-corrected chi connectivity index (χ2v) is 7.98. The van der Waals surface area contributed by atoms with Crippen molar-refractivity contribution >= 4 is 17.7 Å². The third-order valence-electron chi connectivity index (χ3n) is 6.01. The summed E-state index contributed by atoms with van der Waals surface area (Å²) in [6.07, 6.45) is 5.44. The van der Waals surface area contributed by atoms with E-state index in [1.54, 1.807) is 12.0 Å². The number of nitrogens with one attached hydrogen (secondary N) is 1. The number of amides is 3. The van der Waals surface area contributed by atoms with Crippen LogP contribution < -0.4 is 10.1 Å². The van der Waals surface area contributed by atoms with Crippen LogP contribution >= 0.6 is 0 Å². The van der Waals surface area contributed by atoms with Crippen molar-refractivity contribution in [3.8, 4) is 18.1 Å². The van der Waals surface area contributed by atoms with E-state index in [-0.39, 0.29) is 42.6 Å². The van der Waals surface area contributed by atoms with Gasteiger partial charge in [0.15, 0.2) is 0 Å². The van der Waals surface area contributed by atoms with Crippen molar-refractivity contribution in [1.29, 1.82) is 0 Å². The molecule has 0 unspecified atom stereocenters. The maximum absolute atomic E-state index is 13.0. The first kappa shape index (κ1) is 22.6. The molecule has 0 radical (unpaired) electrons. The van der Waals surface area contributed by atoms with Gasteiger partial charge in [-0.2, -0.15) is 0 Å². The Hall–Kier alpha value is -3.05. The van der Waals surface area contributed by atoms with Gasteiger partial charge < -0.3 is 19.9 Å². The zero-order valence-electron chi connectivity index (χ0n) is 18.2. The summed E-state index contributed by atoms with van der Waals surface area (Å²) >= 11 is 0. The topological polar surface area (TPSA) is 82.2 Å². The largest absolute Gasteiger partial charge is 0.497 e. The van der Waals surface area contributed by atoms with Gasteiger partial charge in [0, 0.05) is 45.7 Å². The number of piperazine rings is 1. The molecule has 166 valence electrons. The molecule has 0 bridgehead atoms. The maximum atomic E-state index is 13.0. The molecule has 2 aliphatic rings. The number of benzene rings is 1. The van der Waals surface area contributed by atoms with Crippen LogP contribution in [-0.4, -0.2) is 84.8 Å². The Kier molecular flexibility index (Phi) is 7.53. The molecule has 2 heterocycles. The molecule has 1 aromatic carbocycles. The lowest BCUT2D eigenvalue weighted by molar-refractivity contribution is -0.138. The van der Waals surface area contributed by atoms with Crippen LogP contribution in [0.1, 0.15) is 18.9 Å². The van der Waals surface area contributed by atoms with E-state index in [1.807, 2.05) is 41.0 Å². The summed E-state index contributed by atoms with van der Waals surface area (Å²) in [5.41, 5.74) is 1.01. The Morgan fingerprint density at radius 1 is 1.23 bits per heavy atom. The Balaban J connectivity index is 1.49. The van der Waals surface area contributed by atoms with E-state index in [0.29, 0.717) is 39.3 Å². The highest BCUT2D eigenvalue weighted by atomic mass is 16.5.